The van der Waals surface area contributed by atoms with E-state index in [4.69, 9.17) is 5.73 Å². The fourth-order valence-corrected chi connectivity index (χ4v) is 1.60. The molecule has 1 atom stereocenters. The van der Waals surface area contributed by atoms with Crippen LogP contribution in [0.15, 0.2) is 18.2 Å². The highest BCUT2D eigenvalue weighted by atomic mass is 35.5. The lowest BCUT2D eigenvalue weighted by Crippen LogP contribution is -2.42. The molecule has 2 N–H and O–H groups in total. The summed E-state index contributed by atoms with van der Waals surface area (Å²) < 4.78 is 82.7. The van der Waals surface area contributed by atoms with Crippen LogP contribution in [0.25, 0.3) is 0 Å². The first-order valence-corrected chi connectivity index (χ1v) is 5.69. The number of alkyl halides is 5. The highest BCUT2D eigenvalue weighted by Gasteiger charge is 2.50. The first kappa shape index (κ1) is 20.5. The van der Waals surface area contributed by atoms with Gasteiger partial charge in [0.2, 0.25) is 0 Å². The van der Waals surface area contributed by atoms with Crippen molar-refractivity contribution in [1.29, 1.82) is 0 Å². The van der Waals surface area contributed by atoms with Crippen molar-refractivity contribution in [1.82, 2.24) is 0 Å². The van der Waals surface area contributed by atoms with Crippen LogP contribution in [0.3, 0.4) is 0 Å². The van der Waals surface area contributed by atoms with Gasteiger partial charge in [-0.25, -0.2) is 9.18 Å². The lowest BCUT2D eigenvalue weighted by Gasteiger charge is -2.24. The second-order valence-electron chi connectivity index (χ2n) is 4.05. The van der Waals surface area contributed by atoms with Crippen LogP contribution >= 0.6 is 12.4 Å². The van der Waals surface area contributed by atoms with E-state index in [-0.39, 0.29) is 24.5 Å². The van der Waals surface area contributed by atoms with Gasteiger partial charge >= 0.3 is 18.1 Å². The number of carbonyl (C=O) groups excluding carboxylic acids is 1. The fraction of sp³-hybridized carbons (Fsp3) is 0.417. The molecule has 0 bridgehead atoms. The number of benzene rings is 1. The van der Waals surface area contributed by atoms with Crippen LogP contribution in [0, 0.1) is 5.82 Å². The van der Waals surface area contributed by atoms with Crippen LogP contribution in [0.4, 0.5) is 26.3 Å². The van der Waals surface area contributed by atoms with Crippen LogP contribution in [-0.2, 0) is 15.7 Å². The third-order valence-corrected chi connectivity index (χ3v) is 2.59. The molecule has 0 spiro atoms. The summed E-state index contributed by atoms with van der Waals surface area (Å²) in [5.41, 5.74) is 2.29. The molecule has 10 heteroatoms. The van der Waals surface area contributed by atoms with E-state index >= 15 is 0 Å². The van der Waals surface area contributed by atoms with Gasteiger partial charge in [-0.3, -0.25) is 0 Å². The number of hydrogen-bond donors (Lipinski definition) is 1. The predicted molar refractivity (Wildman–Crippen MR) is 67.2 cm³/mol. The number of nitrogens with two attached hydrogens (primary N) is 1. The van der Waals surface area contributed by atoms with Gasteiger partial charge in [-0.1, -0.05) is 0 Å². The van der Waals surface area contributed by atoms with Crippen LogP contribution in [0.2, 0.25) is 0 Å². The molecule has 126 valence electrons. The molecule has 0 radical (unpaired) electrons. The Labute approximate surface area is 127 Å². The number of rotatable bonds is 4. The maximum atomic E-state index is 13.7. The van der Waals surface area contributed by atoms with E-state index in [1.54, 1.807) is 0 Å². The van der Waals surface area contributed by atoms with Gasteiger partial charge in [0, 0.05) is 0 Å². The summed E-state index contributed by atoms with van der Waals surface area (Å²) in [6.45, 7) is 0.833. The van der Waals surface area contributed by atoms with Crippen LogP contribution in [-0.4, -0.2) is 18.5 Å². The molecule has 3 nitrogen and oxygen atoms in total. The summed E-state index contributed by atoms with van der Waals surface area (Å²) in [5.74, 6) is -7.69. The molecular weight excluding hydrogens is 340 g/mol. The largest absolute Gasteiger partial charge is 0.462 e. The highest BCUT2D eigenvalue weighted by Crippen LogP contribution is 2.39. The SMILES string of the molecule is CCOC(=O)C(F)(F)[C@H](N)c1cc(F)ccc1C(F)(F)F.Cl. The van der Waals surface area contributed by atoms with E-state index in [2.05, 4.69) is 4.74 Å². The van der Waals surface area contributed by atoms with Gasteiger partial charge in [0.05, 0.1) is 12.2 Å². The van der Waals surface area contributed by atoms with Crippen molar-refractivity contribution in [3.05, 3.63) is 35.1 Å². The number of hydrogen-bond acceptors (Lipinski definition) is 3. The molecule has 1 aromatic carbocycles. The first-order valence-electron chi connectivity index (χ1n) is 5.69. The monoisotopic (exact) mass is 351 g/mol. The van der Waals surface area contributed by atoms with Gasteiger partial charge in [-0.15, -0.1) is 12.4 Å². The Morgan fingerprint density at radius 3 is 2.27 bits per heavy atom. The molecule has 1 aromatic rings. The van der Waals surface area contributed by atoms with Gasteiger partial charge in [0.25, 0.3) is 0 Å². The Bertz CT molecular complexity index is 535. The third kappa shape index (κ3) is 4.26. The number of ether oxygens (including phenoxy) is 1. The lowest BCUT2D eigenvalue weighted by molar-refractivity contribution is -0.175. The average Bonchev–Trinajstić information content (AvgIpc) is 2.36. The maximum Gasteiger partial charge on any atom is 0.416 e. The summed E-state index contributed by atoms with van der Waals surface area (Å²) in [7, 11) is 0. The molecule has 0 saturated carbocycles. The zero-order valence-electron chi connectivity index (χ0n) is 11.1. The molecule has 0 saturated heterocycles. The van der Waals surface area contributed by atoms with Gasteiger partial charge in [-0.2, -0.15) is 22.0 Å². The van der Waals surface area contributed by atoms with Gasteiger partial charge in [0.1, 0.15) is 11.9 Å². The van der Waals surface area contributed by atoms with Crippen molar-refractivity contribution in [3.8, 4) is 0 Å². The quantitative estimate of drug-likeness (QED) is 0.667. The van der Waals surface area contributed by atoms with E-state index in [0.717, 1.165) is 0 Å². The Balaban J connectivity index is 0.00000441. The average molecular weight is 352 g/mol. The van der Waals surface area contributed by atoms with Crippen LogP contribution in [0.1, 0.15) is 24.1 Å². The van der Waals surface area contributed by atoms with E-state index in [9.17, 15) is 31.1 Å². The first-order chi connectivity index (χ1) is 9.51. The smallest absolute Gasteiger partial charge is 0.416 e. The van der Waals surface area contributed by atoms with Crippen molar-refractivity contribution in [2.75, 3.05) is 6.61 Å². The summed E-state index contributed by atoms with van der Waals surface area (Å²) in [6.07, 6.45) is -5.02. The lowest BCUT2D eigenvalue weighted by atomic mass is 9.95. The minimum absolute atomic E-state index is 0. The molecule has 1 rings (SSSR count). The van der Waals surface area contributed by atoms with Crippen LogP contribution < -0.4 is 5.73 Å². The van der Waals surface area contributed by atoms with Crippen molar-refractivity contribution in [3.63, 3.8) is 0 Å². The van der Waals surface area contributed by atoms with Crippen molar-refractivity contribution in [2.45, 2.75) is 25.1 Å². The molecule has 0 unspecified atom stereocenters. The summed E-state index contributed by atoms with van der Waals surface area (Å²) >= 11 is 0. The zero-order valence-corrected chi connectivity index (χ0v) is 11.9. The van der Waals surface area contributed by atoms with Gasteiger partial charge in [-0.05, 0) is 30.7 Å². The molecule has 0 aliphatic carbocycles. The minimum atomic E-state index is -5.02. The van der Waals surface area contributed by atoms with Crippen molar-refractivity contribution < 1.29 is 35.9 Å². The number of esters is 1. The second-order valence-corrected chi connectivity index (χ2v) is 4.05. The zero-order chi connectivity index (χ0) is 16.4. The van der Waals surface area contributed by atoms with Crippen LogP contribution in [0.5, 0.6) is 0 Å². The summed E-state index contributed by atoms with van der Waals surface area (Å²) in [4.78, 5) is 11.1. The Hall–Kier alpha value is -1.48. The summed E-state index contributed by atoms with van der Waals surface area (Å²) in [6, 6.07) is -1.72. The second kappa shape index (κ2) is 7.19. The molecule has 0 aliphatic heterocycles. The maximum absolute atomic E-state index is 13.7. The molecule has 22 heavy (non-hydrogen) atoms. The van der Waals surface area contributed by atoms with E-state index in [1.807, 2.05) is 0 Å². The number of halogens is 7. The molecule has 0 fully saturated rings. The topological polar surface area (TPSA) is 52.3 Å². The fourth-order valence-electron chi connectivity index (χ4n) is 1.60. The van der Waals surface area contributed by atoms with E-state index in [1.165, 1.54) is 6.92 Å². The Morgan fingerprint density at radius 2 is 1.82 bits per heavy atom. The van der Waals surface area contributed by atoms with Crippen molar-refractivity contribution >= 4 is 18.4 Å². The Morgan fingerprint density at radius 1 is 1.27 bits per heavy atom. The molecular formula is C12H12ClF6NO2. The summed E-state index contributed by atoms with van der Waals surface area (Å²) in [5, 5.41) is 0. The normalized spacial score (nSPS) is 13.3. The molecule has 0 aromatic heterocycles. The predicted octanol–water partition coefficient (Wildman–Crippen LogP) is 3.46. The number of carbonyl (C=O) groups is 1. The Kier molecular flexibility index (Phi) is 6.70. The third-order valence-electron chi connectivity index (χ3n) is 2.59. The molecule has 0 heterocycles. The standard InChI is InChI=1S/C12H11F6NO2.ClH/c1-2-21-10(20)11(14,15)9(19)7-5-6(13)3-4-8(7)12(16,17)18;/h3-5,9H,2,19H2,1H3;1H/t9-;/m1./s1. The van der Waals surface area contributed by atoms with E-state index in [0.29, 0.717) is 6.07 Å². The van der Waals surface area contributed by atoms with Gasteiger partial charge in [0.15, 0.2) is 0 Å². The minimum Gasteiger partial charge on any atom is -0.462 e. The molecule has 0 amide bonds. The molecule has 0 aliphatic rings. The highest BCUT2D eigenvalue weighted by molar-refractivity contribution is 5.85. The van der Waals surface area contributed by atoms with Gasteiger partial charge < -0.3 is 10.5 Å². The van der Waals surface area contributed by atoms with E-state index < -0.39 is 47.7 Å². The van der Waals surface area contributed by atoms with Crippen molar-refractivity contribution in [2.24, 2.45) is 5.73 Å².